The van der Waals surface area contributed by atoms with E-state index >= 15 is 0 Å². The van der Waals surface area contributed by atoms with E-state index in [1.54, 1.807) is 30.4 Å². The van der Waals surface area contributed by atoms with Gasteiger partial charge in [-0.05, 0) is 17.7 Å². The van der Waals surface area contributed by atoms with Crippen molar-refractivity contribution in [2.75, 3.05) is 6.61 Å². The second kappa shape index (κ2) is 4.42. The van der Waals surface area contributed by atoms with Crippen LogP contribution in [0, 0.1) is 0 Å². The molecule has 0 saturated heterocycles. The van der Waals surface area contributed by atoms with Crippen LogP contribution in [0.25, 0.3) is 6.08 Å². The molecule has 1 rings (SSSR count). The van der Waals surface area contributed by atoms with Crippen LogP contribution in [0.2, 0.25) is 0 Å². The lowest BCUT2D eigenvalue weighted by molar-refractivity contribution is 0.0697. The summed E-state index contributed by atoms with van der Waals surface area (Å²) in [4.78, 5) is 10.6. The quantitative estimate of drug-likeness (QED) is 0.735. The average molecular weight is 178 g/mol. The number of benzene rings is 1. The van der Waals surface area contributed by atoms with Crippen LogP contribution in [-0.2, 0) is 0 Å². The second-order valence-corrected chi connectivity index (χ2v) is 2.52. The molecular weight excluding hydrogens is 168 g/mol. The van der Waals surface area contributed by atoms with Gasteiger partial charge in [0, 0.05) is 0 Å². The minimum absolute atomic E-state index is 0.0443. The molecule has 0 fully saturated rings. The number of aliphatic hydroxyl groups is 1. The van der Waals surface area contributed by atoms with Crippen molar-refractivity contribution in [1.29, 1.82) is 0 Å². The Labute approximate surface area is 76.0 Å². The van der Waals surface area contributed by atoms with Gasteiger partial charge in [0.25, 0.3) is 0 Å². The van der Waals surface area contributed by atoms with Crippen LogP contribution in [0.4, 0.5) is 0 Å². The van der Waals surface area contributed by atoms with Crippen molar-refractivity contribution in [3.63, 3.8) is 0 Å². The number of carbonyl (C=O) groups is 1. The molecule has 2 N–H and O–H groups in total. The van der Waals surface area contributed by atoms with Crippen molar-refractivity contribution in [2.45, 2.75) is 0 Å². The van der Waals surface area contributed by atoms with Gasteiger partial charge >= 0.3 is 5.97 Å². The van der Waals surface area contributed by atoms with Gasteiger partial charge in [-0.15, -0.1) is 0 Å². The number of hydrogen-bond donors (Lipinski definition) is 2. The highest BCUT2D eigenvalue weighted by Crippen LogP contribution is 2.06. The third kappa shape index (κ3) is 2.72. The molecule has 0 saturated carbocycles. The number of carboxylic acids is 1. The maximum atomic E-state index is 10.6. The topological polar surface area (TPSA) is 57.5 Å². The summed E-state index contributed by atoms with van der Waals surface area (Å²) < 4.78 is 0. The molecule has 0 aliphatic rings. The van der Waals surface area contributed by atoms with Gasteiger partial charge in [0.05, 0.1) is 12.2 Å². The molecular formula is C10H10O3. The Hall–Kier alpha value is -1.61. The Bertz CT molecular complexity index is 329. The van der Waals surface area contributed by atoms with Gasteiger partial charge < -0.3 is 10.2 Å². The number of aromatic carboxylic acids is 1. The Balaban J connectivity index is 2.92. The molecule has 0 atom stereocenters. The van der Waals surface area contributed by atoms with Crippen molar-refractivity contribution in [3.05, 3.63) is 41.5 Å². The fourth-order valence-electron chi connectivity index (χ4n) is 0.964. The second-order valence-electron chi connectivity index (χ2n) is 2.52. The predicted octanol–water partition coefficient (Wildman–Crippen LogP) is 1.39. The smallest absolute Gasteiger partial charge is 0.335 e. The Morgan fingerprint density at radius 1 is 1.46 bits per heavy atom. The van der Waals surface area contributed by atoms with Crippen molar-refractivity contribution >= 4 is 12.0 Å². The van der Waals surface area contributed by atoms with Crippen LogP contribution in [0.5, 0.6) is 0 Å². The molecule has 1 aromatic carbocycles. The van der Waals surface area contributed by atoms with Crippen molar-refractivity contribution in [2.24, 2.45) is 0 Å². The van der Waals surface area contributed by atoms with Gasteiger partial charge in [-0.1, -0.05) is 24.3 Å². The van der Waals surface area contributed by atoms with Crippen molar-refractivity contribution < 1.29 is 15.0 Å². The van der Waals surface area contributed by atoms with Gasteiger partial charge in [0.1, 0.15) is 0 Å². The van der Waals surface area contributed by atoms with Gasteiger partial charge in [-0.3, -0.25) is 0 Å². The van der Waals surface area contributed by atoms with E-state index < -0.39 is 5.97 Å². The lowest BCUT2D eigenvalue weighted by Crippen LogP contribution is -1.95. The number of hydrogen-bond acceptors (Lipinski definition) is 2. The van der Waals surface area contributed by atoms with Crippen molar-refractivity contribution in [1.82, 2.24) is 0 Å². The zero-order valence-electron chi connectivity index (χ0n) is 6.97. The van der Waals surface area contributed by atoms with Crippen LogP contribution >= 0.6 is 0 Å². The van der Waals surface area contributed by atoms with E-state index in [2.05, 4.69) is 0 Å². The highest BCUT2D eigenvalue weighted by Gasteiger charge is 2.00. The van der Waals surface area contributed by atoms with Gasteiger partial charge in [-0.2, -0.15) is 0 Å². The summed E-state index contributed by atoms with van der Waals surface area (Å²) in [7, 11) is 0. The van der Waals surface area contributed by atoms with Crippen LogP contribution in [0.15, 0.2) is 30.3 Å². The molecule has 0 unspecified atom stereocenters. The third-order valence-electron chi connectivity index (χ3n) is 1.55. The van der Waals surface area contributed by atoms with E-state index in [4.69, 9.17) is 10.2 Å². The van der Waals surface area contributed by atoms with E-state index in [0.717, 1.165) is 5.56 Å². The third-order valence-corrected chi connectivity index (χ3v) is 1.55. The highest BCUT2D eigenvalue weighted by molar-refractivity contribution is 5.88. The minimum atomic E-state index is -0.945. The number of carboxylic acid groups (broad SMARTS) is 1. The molecule has 0 aliphatic heterocycles. The standard InChI is InChI=1S/C10H10O3/c11-6-2-4-8-3-1-5-9(7-8)10(12)13/h1-5,7,11H,6H2,(H,12,13). The Morgan fingerprint density at radius 2 is 2.23 bits per heavy atom. The van der Waals surface area contributed by atoms with Gasteiger partial charge in [0.15, 0.2) is 0 Å². The summed E-state index contributed by atoms with van der Waals surface area (Å²) in [5.74, 6) is -0.945. The highest BCUT2D eigenvalue weighted by atomic mass is 16.4. The van der Waals surface area contributed by atoms with Crippen molar-refractivity contribution in [3.8, 4) is 0 Å². The Kier molecular flexibility index (Phi) is 3.23. The SMILES string of the molecule is O=C(O)c1cccc(C=CCO)c1. The van der Waals surface area contributed by atoms with E-state index in [0.29, 0.717) is 0 Å². The minimum Gasteiger partial charge on any atom is -0.478 e. The lowest BCUT2D eigenvalue weighted by atomic mass is 10.1. The molecule has 0 spiro atoms. The summed E-state index contributed by atoms with van der Waals surface area (Å²) in [5.41, 5.74) is 1.02. The summed E-state index contributed by atoms with van der Waals surface area (Å²) in [6.45, 7) is -0.0443. The molecule has 0 amide bonds. The van der Waals surface area contributed by atoms with Crippen LogP contribution in [-0.4, -0.2) is 22.8 Å². The number of rotatable bonds is 3. The first-order chi connectivity index (χ1) is 6.24. The van der Waals surface area contributed by atoms with E-state index in [-0.39, 0.29) is 12.2 Å². The summed E-state index contributed by atoms with van der Waals surface area (Å²) in [6.07, 6.45) is 3.23. The number of aliphatic hydroxyl groups excluding tert-OH is 1. The predicted molar refractivity (Wildman–Crippen MR) is 49.5 cm³/mol. The maximum Gasteiger partial charge on any atom is 0.335 e. The first-order valence-corrected chi connectivity index (χ1v) is 3.85. The largest absolute Gasteiger partial charge is 0.478 e. The van der Waals surface area contributed by atoms with Gasteiger partial charge in [0.2, 0.25) is 0 Å². The molecule has 3 nitrogen and oxygen atoms in total. The van der Waals surface area contributed by atoms with Crippen LogP contribution in [0.1, 0.15) is 15.9 Å². The summed E-state index contributed by atoms with van der Waals surface area (Å²) in [5, 5.41) is 17.2. The summed E-state index contributed by atoms with van der Waals surface area (Å²) >= 11 is 0. The zero-order valence-corrected chi connectivity index (χ0v) is 6.97. The molecule has 0 heterocycles. The fraction of sp³-hybridized carbons (Fsp3) is 0.100. The molecule has 0 aromatic heterocycles. The molecule has 0 aliphatic carbocycles. The van der Waals surface area contributed by atoms with Crippen LogP contribution in [0.3, 0.4) is 0 Å². The normalized spacial score (nSPS) is 10.5. The van der Waals surface area contributed by atoms with E-state index in [1.807, 2.05) is 0 Å². The average Bonchev–Trinajstić information content (AvgIpc) is 2.15. The molecule has 1 aromatic rings. The molecule has 13 heavy (non-hydrogen) atoms. The molecule has 3 heteroatoms. The van der Waals surface area contributed by atoms with Crippen LogP contribution < -0.4 is 0 Å². The lowest BCUT2D eigenvalue weighted by Gasteiger charge is -1.95. The Morgan fingerprint density at radius 3 is 2.85 bits per heavy atom. The zero-order chi connectivity index (χ0) is 9.68. The molecule has 68 valence electrons. The van der Waals surface area contributed by atoms with E-state index in [9.17, 15) is 4.79 Å². The van der Waals surface area contributed by atoms with Gasteiger partial charge in [-0.25, -0.2) is 4.79 Å². The maximum absolute atomic E-state index is 10.6. The first kappa shape index (κ1) is 9.48. The molecule has 0 radical (unpaired) electrons. The fourth-order valence-corrected chi connectivity index (χ4v) is 0.964. The molecule has 0 bridgehead atoms. The van der Waals surface area contributed by atoms with E-state index in [1.165, 1.54) is 6.07 Å². The summed E-state index contributed by atoms with van der Waals surface area (Å²) in [6, 6.07) is 6.52. The first-order valence-electron chi connectivity index (χ1n) is 3.85. The monoisotopic (exact) mass is 178 g/mol.